The van der Waals surface area contributed by atoms with Crippen LogP contribution in [-0.4, -0.2) is 23.1 Å². The number of aromatic nitrogens is 2. The van der Waals surface area contributed by atoms with Crippen molar-refractivity contribution in [3.8, 4) is 5.88 Å². The van der Waals surface area contributed by atoms with Gasteiger partial charge in [0, 0.05) is 13.1 Å². The summed E-state index contributed by atoms with van der Waals surface area (Å²) in [5.41, 5.74) is 5.54. The van der Waals surface area contributed by atoms with Crippen molar-refractivity contribution >= 4 is 11.8 Å². The molecule has 0 aromatic carbocycles. The van der Waals surface area contributed by atoms with Crippen molar-refractivity contribution in [2.24, 2.45) is 0 Å². The second-order valence-corrected chi connectivity index (χ2v) is 3.42. The molecule has 1 unspecified atom stereocenters. The Labute approximate surface area is 90.1 Å². The molecule has 1 rings (SSSR count). The van der Waals surface area contributed by atoms with Gasteiger partial charge < -0.3 is 15.8 Å². The highest BCUT2D eigenvalue weighted by Crippen LogP contribution is 2.16. The zero-order valence-corrected chi connectivity index (χ0v) is 9.45. The minimum absolute atomic E-state index is 0.147. The van der Waals surface area contributed by atoms with Gasteiger partial charge in [-0.25, -0.2) is 0 Å². The van der Waals surface area contributed by atoms with Crippen molar-refractivity contribution in [1.82, 2.24) is 9.97 Å². The van der Waals surface area contributed by atoms with Crippen LogP contribution in [0.2, 0.25) is 0 Å². The fourth-order valence-corrected chi connectivity index (χ4v) is 1.30. The lowest BCUT2D eigenvalue weighted by Crippen LogP contribution is -2.13. The second kappa shape index (κ2) is 5.38. The van der Waals surface area contributed by atoms with Crippen molar-refractivity contribution in [2.75, 3.05) is 18.1 Å². The van der Waals surface area contributed by atoms with Crippen molar-refractivity contribution < 1.29 is 4.74 Å². The topological polar surface area (TPSA) is 73.1 Å². The summed E-state index contributed by atoms with van der Waals surface area (Å²) in [6.07, 6.45) is 2.23. The van der Waals surface area contributed by atoms with Crippen LogP contribution in [0.5, 0.6) is 5.88 Å². The number of hydrogen-bond donors (Lipinski definition) is 2. The van der Waals surface area contributed by atoms with Gasteiger partial charge in [0.25, 0.3) is 0 Å². The molecule has 0 aliphatic heterocycles. The van der Waals surface area contributed by atoms with Crippen molar-refractivity contribution in [1.29, 1.82) is 0 Å². The molecule has 1 aromatic rings. The van der Waals surface area contributed by atoms with Gasteiger partial charge in [0.1, 0.15) is 5.82 Å². The molecule has 3 N–H and O–H groups in total. The van der Waals surface area contributed by atoms with Crippen molar-refractivity contribution in [3.63, 3.8) is 0 Å². The number of anilines is 2. The van der Waals surface area contributed by atoms with Crippen molar-refractivity contribution in [3.05, 3.63) is 6.07 Å². The third kappa shape index (κ3) is 3.61. The van der Waals surface area contributed by atoms with Gasteiger partial charge in [0.2, 0.25) is 11.8 Å². The number of nitrogens with one attached hydrogen (secondary N) is 1. The van der Waals surface area contributed by atoms with Crippen LogP contribution in [0.3, 0.4) is 0 Å². The number of hydrogen-bond acceptors (Lipinski definition) is 5. The lowest BCUT2D eigenvalue weighted by atomic mass is 10.2. The summed E-state index contributed by atoms with van der Waals surface area (Å²) in [7, 11) is 1.78. The van der Waals surface area contributed by atoms with E-state index in [9.17, 15) is 0 Å². The summed E-state index contributed by atoms with van der Waals surface area (Å²) in [6, 6.07) is 1.74. The van der Waals surface area contributed by atoms with E-state index in [4.69, 9.17) is 10.5 Å². The fourth-order valence-electron chi connectivity index (χ4n) is 1.30. The smallest absolute Gasteiger partial charge is 0.225 e. The molecule has 0 saturated carbocycles. The zero-order valence-electron chi connectivity index (χ0n) is 9.45. The third-order valence-electron chi connectivity index (χ3n) is 1.99. The summed E-state index contributed by atoms with van der Waals surface area (Å²) >= 11 is 0. The number of nitrogen functional groups attached to an aromatic ring is 1. The van der Waals surface area contributed by atoms with Crippen LogP contribution >= 0.6 is 0 Å². The Balaban J connectivity index is 2.71. The van der Waals surface area contributed by atoms with Gasteiger partial charge in [0.05, 0.1) is 6.10 Å². The maximum atomic E-state index is 5.61. The van der Waals surface area contributed by atoms with Crippen molar-refractivity contribution in [2.45, 2.75) is 32.8 Å². The molecule has 0 amide bonds. The minimum Gasteiger partial charge on any atom is -0.474 e. The van der Waals surface area contributed by atoms with Crippen LogP contribution in [0.25, 0.3) is 0 Å². The molecule has 1 aromatic heterocycles. The maximum absolute atomic E-state index is 5.61. The fraction of sp³-hybridized carbons (Fsp3) is 0.600. The summed E-state index contributed by atoms with van der Waals surface area (Å²) in [5.74, 6) is 1.41. The van der Waals surface area contributed by atoms with Gasteiger partial charge in [-0.1, -0.05) is 13.3 Å². The van der Waals surface area contributed by atoms with Gasteiger partial charge in [0.15, 0.2) is 0 Å². The number of ether oxygens (including phenoxy) is 1. The zero-order chi connectivity index (χ0) is 11.3. The molecule has 1 heterocycles. The highest BCUT2D eigenvalue weighted by atomic mass is 16.5. The first-order valence-corrected chi connectivity index (χ1v) is 5.14. The van der Waals surface area contributed by atoms with Gasteiger partial charge >= 0.3 is 0 Å². The Morgan fingerprint density at radius 2 is 2.27 bits per heavy atom. The molecule has 0 bridgehead atoms. The van der Waals surface area contributed by atoms with Gasteiger partial charge in [-0.05, 0) is 13.3 Å². The quantitative estimate of drug-likeness (QED) is 0.773. The first kappa shape index (κ1) is 11.6. The van der Waals surface area contributed by atoms with E-state index in [-0.39, 0.29) is 12.1 Å². The molecule has 1 atom stereocenters. The standard InChI is InChI=1S/C10H18N4O/c1-4-5-7(2)15-9-6-8(12-3)13-10(11)14-9/h6-7H,4-5H2,1-3H3,(H3,11,12,13,14). The molecule has 0 aliphatic rings. The van der Waals surface area contributed by atoms with Crippen LogP contribution in [-0.2, 0) is 0 Å². The van der Waals surface area contributed by atoms with Gasteiger partial charge in [-0.15, -0.1) is 0 Å². The van der Waals surface area contributed by atoms with E-state index in [2.05, 4.69) is 22.2 Å². The molecule has 5 heteroatoms. The van der Waals surface area contributed by atoms with Crippen LogP contribution in [0.1, 0.15) is 26.7 Å². The minimum atomic E-state index is 0.147. The molecule has 0 saturated heterocycles. The SMILES string of the molecule is CCCC(C)Oc1cc(NC)nc(N)n1. The Morgan fingerprint density at radius 1 is 1.53 bits per heavy atom. The monoisotopic (exact) mass is 210 g/mol. The van der Waals surface area contributed by atoms with E-state index in [1.165, 1.54) is 0 Å². The lowest BCUT2D eigenvalue weighted by Gasteiger charge is -2.13. The van der Waals surface area contributed by atoms with E-state index in [0.717, 1.165) is 12.8 Å². The molecule has 0 spiro atoms. The average Bonchev–Trinajstić information content (AvgIpc) is 2.17. The van der Waals surface area contributed by atoms with Crippen LogP contribution in [0.15, 0.2) is 6.07 Å². The van der Waals surface area contributed by atoms with Gasteiger partial charge in [-0.3, -0.25) is 0 Å². The lowest BCUT2D eigenvalue weighted by molar-refractivity contribution is 0.201. The Bertz CT molecular complexity index is 316. The normalized spacial score (nSPS) is 12.2. The first-order chi connectivity index (χ1) is 7.15. The molecule has 0 aliphatic carbocycles. The van der Waals surface area contributed by atoms with Crippen LogP contribution < -0.4 is 15.8 Å². The number of nitrogens with zero attached hydrogens (tertiary/aromatic N) is 2. The average molecular weight is 210 g/mol. The molecule has 84 valence electrons. The number of rotatable bonds is 5. The van der Waals surface area contributed by atoms with Gasteiger partial charge in [-0.2, -0.15) is 9.97 Å². The predicted molar refractivity (Wildman–Crippen MR) is 61.0 cm³/mol. The molecular formula is C10H18N4O. The maximum Gasteiger partial charge on any atom is 0.225 e. The molecular weight excluding hydrogens is 192 g/mol. The Kier molecular flexibility index (Phi) is 4.15. The third-order valence-corrected chi connectivity index (χ3v) is 1.99. The highest BCUT2D eigenvalue weighted by molar-refractivity contribution is 5.42. The molecule has 15 heavy (non-hydrogen) atoms. The van der Waals surface area contributed by atoms with E-state index >= 15 is 0 Å². The first-order valence-electron chi connectivity index (χ1n) is 5.14. The largest absolute Gasteiger partial charge is 0.474 e. The number of nitrogens with two attached hydrogens (primary N) is 1. The van der Waals surface area contributed by atoms with Crippen LogP contribution in [0.4, 0.5) is 11.8 Å². The highest BCUT2D eigenvalue weighted by Gasteiger charge is 2.06. The Morgan fingerprint density at radius 3 is 2.87 bits per heavy atom. The predicted octanol–water partition coefficient (Wildman–Crippen LogP) is 1.67. The Hall–Kier alpha value is -1.52. The summed E-state index contributed by atoms with van der Waals surface area (Å²) in [6.45, 7) is 4.13. The second-order valence-electron chi connectivity index (χ2n) is 3.42. The summed E-state index contributed by atoms with van der Waals surface area (Å²) < 4.78 is 5.61. The summed E-state index contributed by atoms with van der Waals surface area (Å²) in [5, 5.41) is 2.90. The van der Waals surface area contributed by atoms with E-state index < -0.39 is 0 Å². The molecule has 0 fully saturated rings. The van der Waals surface area contributed by atoms with Crippen LogP contribution in [0, 0.1) is 0 Å². The van der Waals surface area contributed by atoms with E-state index in [1.54, 1.807) is 13.1 Å². The van der Waals surface area contributed by atoms with E-state index in [0.29, 0.717) is 11.7 Å². The molecule has 0 radical (unpaired) electrons. The molecule has 5 nitrogen and oxygen atoms in total. The summed E-state index contributed by atoms with van der Waals surface area (Å²) in [4.78, 5) is 7.99. The van der Waals surface area contributed by atoms with E-state index in [1.807, 2.05) is 6.92 Å².